The van der Waals surface area contributed by atoms with Gasteiger partial charge in [0.15, 0.2) is 0 Å². The molecule has 6 nitrogen and oxygen atoms in total. The number of rotatable bonds is 8. The molecule has 140 valence electrons. The Labute approximate surface area is 158 Å². The molecule has 2 rings (SSSR count). The highest BCUT2D eigenvalue weighted by Gasteiger charge is 2.21. The first-order valence-corrected chi connectivity index (χ1v) is 9.98. The lowest BCUT2D eigenvalue weighted by Crippen LogP contribution is -2.22. The van der Waals surface area contributed by atoms with Crippen molar-refractivity contribution >= 4 is 39.0 Å². The van der Waals surface area contributed by atoms with Crippen LogP contribution in [0.3, 0.4) is 0 Å². The number of halogens is 1. The van der Waals surface area contributed by atoms with Crippen LogP contribution >= 0.6 is 11.6 Å². The Hall–Kier alpha value is -2.25. The largest absolute Gasteiger partial charge is 0.478 e. The molecule has 0 aliphatic carbocycles. The van der Waals surface area contributed by atoms with Gasteiger partial charge in [-0.1, -0.05) is 37.1 Å². The van der Waals surface area contributed by atoms with Crippen LogP contribution in [0.2, 0.25) is 5.02 Å². The van der Waals surface area contributed by atoms with Gasteiger partial charge >= 0.3 is 5.97 Å². The van der Waals surface area contributed by atoms with Crippen molar-refractivity contribution in [3.05, 3.63) is 53.1 Å². The fourth-order valence-electron chi connectivity index (χ4n) is 2.46. The molecule has 8 heteroatoms. The van der Waals surface area contributed by atoms with E-state index in [1.807, 2.05) is 11.9 Å². The van der Waals surface area contributed by atoms with Crippen LogP contribution in [0.1, 0.15) is 30.1 Å². The zero-order valence-electron chi connectivity index (χ0n) is 14.6. The van der Waals surface area contributed by atoms with Gasteiger partial charge in [0, 0.05) is 13.6 Å². The van der Waals surface area contributed by atoms with Gasteiger partial charge in [-0.05, 0) is 36.8 Å². The summed E-state index contributed by atoms with van der Waals surface area (Å²) < 4.78 is 27.9. The average molecular weight is 397 g/mol. The number of hydrogen-bond donors (Lipinski definition) is 2. The van der Waals surface area contributed by atoms with E-state index in [1.165, 1.54) is 24.3 Å². The van der Waals surface area contributed by atoms with E-state index < -0.39 is 16.0 Å². The third-order valence-corrected chi connectivity index (χ3v) is 5.74. The van der Waals surface area contributed by atoms with E-state index in [2.05, 4.69) is 11.6 Å². The van der Waals surface area contributed by atoms with Crippen LogP contribution < -0.4 is 9.62 Å². The molecular formula is C18H21ClN2O4S. The minimum absolute atomic E-state index is 0.00509. The van der Waals surface area contributed by atoms with E-state index in [0.717, 1.165) is 12.8 Å². The molecule has 0 amide bonds. The lowest BCUT2D eigenvalue weighted by atomic mass is 10.1. The van der Waals surface area contributed by atoms with Crippen LogP contribution in [0.15, 0.2) is 47.4 Å². The molecule has 0 aromatic heterocycles. The van der Waals surface area contributed by atoms with Crippen LogP contribution in [-0.2, 0) is 10.0 Å². The van der Waals surface area contributed by atoms with Crippen LogP contribution in [0.5, 0.6) is 0 Å². The number of carbonyl (C=O) groups is 1. The zero-order valence-corrected chi connectivity index (χ0v) is 16.1. The van der Waals surface area contributed by atoms with E-state index in [0.29, 0.717) is 12.2 Å². The number of sulfonamides is 1. The van der Waals surface area contributed by atoms with Crippen molar-refractivity contribution in [1.82, 2.24) is 0 Å². The number of unbranched alkanes of at least 4 members (excludes halogenated alkanes) is 1. The number of carboxylic acid groups (broad SMARTS) is 1. The Morgan fingerprint density at radius 1 is 1.23 bits per heavy atom. The molecule has 0 heterocycles. The minimum Gasteiger partial charge on any atom is -0.478 e. The maximum absolute atomic E-state index is 12.7. The fraction of sp³-hybridized carbons (Fsp3) is 0.278. The molecule has 0 radical (unpaired) electrons. The summed E-state index contributed by atoms with van der Waals surface area (Å²) in [6.07, 6.45) is 1.91. The number of carboxylic acids is 1. The molecular weight excluding hydrogens is 376 g/mol. The second-order valence-corrected chi connectivity index (χ2v) is 7.91. The summed E-state index contributed by atoms with van der Waals surface area (Å²) in [5.74, 6) is -1.13. The molecule has 0 aliphatic heterocycles. The van der Waals surface area contributed by atoms with Crippen LogP contribution in [0, 0.1) is 0 Å². The van der Waals surface area contributed by atoms with Gasteiger partial charge in [-0.3, -0.25) is 4.72 Å². The van der Waals surface area contributed by atoms with Crippen molar-refractivity contribution < 1.29 is 18.3 Å². The van der Waals surface area contributed by atoms with Gasteiger partial charge in [0.25, 0.3) is 10.0 Å². The van der Waals surface area contributed by atoms with Crippen molar-refractivity contribution in [1.29, 1.82) is 0 Å². The molecule has 0 fully saturated rings. The number of anilines is 2. The van der Waals surface area contributed by atoms with Gasteiger partial charge in [0.05, 0.1) is 22.0 Å². The fourth-order valence-corrected chi connectivity index (χ4v) is 4.05. The lowest BCUT2D eigenvalue weighted by Gasteiger charge is -2.23. The quantitative estimate of drug-likeness (QED) is 0.702. The van der Waals surface area contributed by atoms with E-state index in [1.54, 1.807) is 18.2 Å². The number of benzene rings is 2. The summed E-state index contributed by atoms with van der Waals surface area (Å²) in [6.45, 7) is 2.77. The molecule has 2 aromatic rings. The van der Waals surface area contributed by atoms with Gasteiger partial charge in [0.2, 0.25) is 0 Å². The normalized spacial score (nSPS) is 11.2. The van der Waals surface area contributed by atoms with Gasteiger partial charge in [-0.15, -0.1) is 0 Å². The summed E-state index contributed by atoms with van der Waals surface area (Å²) in [5.41, 5.74) is 0.789. The Bertz CT molecular complexity index is 900. The summed E-state index contributed by atoms with van der Waals surface area (Å²) in [4.78, 5) is 13.1. The highest BCUT2D eigenvalue weighted by molar-refractivity contribution is 7.92. The smallest absolute Gasteiger partial charge is 0.335 e. The maximum Gasteiger partial charge on any atom is 0.335 e. The molecule has 26 heavy (non-hydrogen) atoms. The number of aromatic carboxylic acids is 1. The highest BCUT2D eigenvalue weighted by Crippen LogP contribution is 2.30. The summed E-state index contributed by atoms with van der Waals surface area (Å²) >= 11 is 6.00. The molecule has 2 N–H and O–H groups in total. The maximum atomic E-state index is 12.7. The molecule has 0 aliphatic rings. The number of nitrogens with zero attached hydrogens (tertiary/aromatic N) is 1. The first-order chi connectivity index (χ1) is 12.3. The topological polar surface area (TPSA) is 86.7 Å². The first-order valence-electron chi connectivity index (χ1n) is 8.12. The summed E-state index contributed by atoms with van der Waals surface area (Å²) in [5, 5.41) is 9.32. The molecule has 0 atom stereocenters. The van der Waals surface area contributed by atoms with Gasteiger partial charge in [-0.25, -0.2) is 13.2 Å². The first kappa shape index (κ1) is 20.1. The third-order valence-electron chi connectivity index (χ3n) is 3.87. The zero-order chi connectivity index (χ0) is 19.3. The van der Waals surface area contributed by atoms with E-state index in [4.69, 9.17) is 11.6 Å². The molecule has 0 saturated carbocycles. The predicted molar refractivity (Wildman–Crippen MR) is 104 cm³/mol. The highest BCUT2D eigenvalue weighted by atomic mass is 35.5. The van der Waals surface area contributed by atoms with Crippen molar-refractivity contribution in [3.63, 3.8) is 0 Å². The SMILES string of the molecule is CCCCN(C)c1ccc(C(=O)O)cc1NS(=O)(=O)c1ccccc1Cl. The summed E-state index contributed by atoms with van der Waals surface area (Å²) in [6, 6.07) is 10.5. The lowest BCUT2D eigenvalue weighted by molar-refractivity contribution is 0.0697. The summed E-state index contributed by atoms with van der Waals surface area (Å²) in [7, 11) is -2.13. The second-order valence-electron chi connectivity index (χ2n) is 5.85. The molecule has 0 bridgehead atoms. The van der Waals surface area contributed by atoms with Crippen molar-refractivity contribution in [3.8, 4) is 0 Å². The number of hydrogen-bond acceptors (Lipinski definition) is 4. The van der Waals surface area contributed by atoms with Crippen molar-refractivity contribution in [2.24, 2.45) is 0 Å². The standard InChI is InChI=1S/C18H21ClN2O4S/c1-3-4-11-21(2)16-10-9-13(18(22)23)12-15(16)20-26(24,25)17-8-6-5-7-14(17)19/h5-10,12,20H,3-4,11H2,1-2H3,(H,22,23). The number of nitrogens with one attached hydrogen (secondary N) is 1. The van der Waals surface area contributed by atoms with Crippen LogP contribution in [0.25, 0.3) is 0 Å². The van der Waals surface area contributed by atoms with Crippen LogP contribution in [-0.4, -0.2) is 33.1 Å². The van der Waals surface area contributed by atoms with Gasteiger partial charge < -0.3 is 10.0 Å². The Morgan fingerprint density at radius 3 is 2.54 bits per heavy atom. The Morgan fingerprint density at radius 2 is 1.92 bits per heavy atom. The Balaban J connectivity index is 2.47. The monoisotopic (exact) mass is 396 g/mol. The molecule has 0 spiro atoms. The Kier molecular flexibility index (Phi) is 6.50. The third kappa shape index (κ3) is 4.68. The molecule has 2 aromatic carbocycles. The van der Waals surface area contributed by atoms with Gasteiger partial charge in [0.1, 0.15) is 4.90 Å². The van der Waals surface area contributed by atoms with Crippen molar-refractivity contribution in [2.75, 3.05) is 23.2 Å². The van der Waals surface area contributed by atoms with E-state index in [9.17, 15) is 18.3 Å². The molecule has 0 unspecified atom stereocenters. The predicted octanol–water partition coefficient (Wildman–Crippen LogP) is 4.08. The van der Waals surface area contributed by atoms with Gasteiger partial charge in [-0.2, -0.15) is 0 Å². The van der Waals surface area contributed by atoms with Crippen molar-refractivity contribution in [2.45, 2.75) is 24.7 Å². The molecule has 0 saturated heterocycles. The van der Waals surface area contributed by atoms with E-state index in [-0.39, 0.29) is 21.2 Å². The minimum atomic E-state index is -3.96. The second kappa shape index (κ2) is 8.42. The average Bonchev–Trinajstić information content (AvgIpc) is 2.59. The van der Waals surface area contributed by atoms with Crippen LogP contribution in [0.4, 0.5) is 11.4 Å². The van der Waals surface area contributed by atoms with E-state index >= 15 is 0 Å².